The van der Waals surface area contributed by atoms with Gasteiger partial charge in [-0.15, -0.1) is 11.3 Å². The van der Waals surface area contributed by atoms with E-state index >= 15 is 0 Å². The molecule has 10 heteroatoms. The Hall–Kier alpha value is -2.49. The maximum absolute atomic E-state index is 12.2. The van der Waals surface area contributed by atoms with Gasteiger partial charge in [0.2, 0.25) is 5.60 Å². The third-order valence-electron chi connectivity index (χ3n) is 3.00. The highest BCUT2D eigenvalue weighted by molar-refractivity contribution is 7.10. The first-order valence-corrected chi connectivity index (χ1v) is 9.84. The quantitative estimate of drug-likeness (QED) is 0.401. The van der Waals surface area contributed by atoms with E-state index in [1.807, 2.05) is 0 Å². The van der Waals surface area contributed by atoms with Crippen LogP contribution in [0.2, 0.25) is 0 Å². The summed E-state index contributed by atoms with van der Waals surface area (Å²) in [4.78, 5) is 45.4. The summed E-state index contributed by atoms with van der Waals surface area (Å²) in [6.45, 7) is 13.4. The SMILES string of the molecule is CC(C)(C)OC(=O)Cc1nc(/C(=N/OC(C)(C)C(=O)OC(C)(C)C)C(N)=O)cs1. The number of rotatable bonds is 7. The minimum absolute atomic E-state index is 0.0573. The molecule has 2 N–H and O–H groups in total. The van der Waals surface area contributed by atoms with Gasteiger partial charge < -0.3 is 20.0 Å². The lowest BCUT2D eigenvalue weighted by Crippen LogP contribution is -2.40. The number of thiazole rings is 1. The molecule has 0 aliphatic carbocycles. The molecule has 0 saturated carbocycles. The number of nitrogens with zero attached hydrogens (tertiary/aromatic N) is 2. The van der Waals surface area contributed by atoms with E-state index in [0.717, 1.165) is 11.3 Å². The van der Waals surface area contributed by atoms with Crippen molar-refractivity contribution in [2.45, 2.75) is 78.6 Å². The fraction of sp³-hybridized carbons (Fsp3) is 0.632. The first kappa shape index (κ1) is 24.5. The van der Waals surface area contributed by atoms with Gasteiger partial charge in [0.05, 0.1) is 6.42 Å². The van der Waals surface area contributed by atoms with E-state index in [0.29, 0.717) is 5.01 Å². The smallest absolute Gasteiger partial charge is 0.353 e. The molecule has 162 valence electrons. The zero-order valence-electron chi connectivity index (χ0n) is 18.1. The molecule has 0 saturated heterocycles. The third-order valence-corrected chi connectivity index (χ3v) is 3.85. The van der Waals surface area contributed by atoms with Crippen molar-refractivity contribution in [3.63, 3.8) is 0 Å². The molecule has 0 atom stereocenters. The van der Waals surface area contributed by atoms with Crippen LogP contribution < -0.4 is 5.73 Å². The summed E-state index contributed by atoms with van der Waals surface area (Å²) in [5, 5.41) is 5.68. The standard InChI is InChI=1S/C19H29N3O6S/c1-17(2,3)26-13(23)9-12-21-11(10-29-12)14(15(20)24)22-28-19(7,8)16(25)27-18(4,5)6/h10H,9H2,1-8H3,(H2,20,24)/b22-14-. The maximum atomic E-state index is 12.2. The van der Waals surface area contributed by atoms with Crippen LogP contribution in [0.15, 0.2) is 10.5 Å². The zero-order valence-corrected chi connectivity index (χ0v) is 18.9. The largest absolute Gasteiger partial charge is 0.460 e. The average Bonchev–Trinajstić information content (AvgIpc) is 2.91. The van der Waals surface area contributed by atoms with Gasteiger partial charge in [-0.05, 0) is 55.4 Å². The lowest BCUT2D eigenvalue weighted by Gasteiger charge is -2.26. The van der Waals surface area contributed by atoms with Crippen LogP contribution in [0.25, 0.3) is 0 Å². The molecule has 0 unspecified atom stereocenters. The predicted octanol–water partition coefficient (Wildman–Crippen LogP) is 2.35. The Morgan fingerprint density at radius 3 is 2.07 bits per heavy atom. The highest BCUT2D eigenvalue weighted by Gasteiger charge is 2.35. The Kier molecular flexibility index (Phi) is 7.53. The van der Waals surface area contributed by atoms with E-state index in [1.54, 1.807) is 41.5 Å². The molecule has 0 bridgehead atoms. The van der Waals surface area contributed by atoms with Crippen molar-refractivity contribution in [1.29, 1.82) is 0 Å². The number of aromatic nitrogens is 1. The maximum Gasteiger partial charge on any atom is 0.353 e. The number of amides is 1. The van der Waals surface area contributed by atoms with Gasteiger partial charge in [0.15, 0.2) is 5.71 Å². The van der Waals surface area contributed by atoms with Crippen LogP contribution in [0.4, 0.5) is 0 Å². The van der Waals surface area contributed by atoms with Crippen LogP contribution >= 0.6 is 11.3 Å². The Bertz CT molecular complexity index is 800. The molecule has 0 radical (unpaired) electrons. The van der Waals surface area contributed by atoms with E-state index < -0.39 is 34.6 Å². The highest BCUT2D eigenvalue weighted by atomic mass is 32.1. The van der Waals surface area contributed by atoms with Gasteiger partial charge in [-0.25, -0.2) is 9.78 Å². The second-order valence-corrected chi connectivity index (χ2v) is 9.74. The van der Waals surface area contributed by atoms with Gasteiger partial charge in [-0.3, -0.25) is 9.59 Å². The number of hydrogen-bond donors (Lipinski definition) is 1. The molecule has 29 heavy (non-hydrogen) atoms. The molecule has 9 nitrogen and oxygen atoms in total. The molecule has 0 aliphatic heterocycles. The summed E-state index contributed by atoms with van der Waals surface area (Å²) in [6.07, 6.45) is -0.0573. The molecular formula is C19H29N3O6S. The van der Waals surface area contributed by atoms with Crippen molar-refractivity contribution >= 4 is 34.9 Å². The van der Waals surface area contributed by atoms with Crippen molar-refractivity contribution in [3.05, 3.63) is 16.1 Å². The first-order chi connectivity index (χ1) is 13.0. The molecule has 0 aromatic carbocycles. The number of carbonyl (C=O) groups excluding carboxylic acids is 3. The number of hydrogen-bond acceptors (Lipinski definition) is 9. The minimum atomic E-state index is -1.46. The van der Waals surface area contributed by atoms with Crippen molar-refractivity contribution in [2.24, 2.45) is 10.9 Å². The molecule has 1 aromatic rings. The zero-order chi connectivity index (χ0) is 22.6. The highest BCUT2D eigenvalue weighted by Crippen LogP contribution is 2.19. The normalized spacial score (nSPS) is 13.0. The topological polar surface area (TPSA) is 130 Å². The van der Waals surface area contributed by atoms with Gasteiger partial charge in [0.25, 0.3) is 5.91 Å². The number of carbonyl (C=O) groups is 3. The predicted molar refractivity (Wildman–Crippen MR) is 108 cm³/mol. The summed E-state index contributed by atoms with van der Waals surface area (Å²) in [6, 6.07) is 0. The molecule has 1 rings (SSSR count). The molecule has 1 amide bonds. The molecule has 0 aliphatic rings. The van der Waals surface area contributed by atoms with E-state index in [2.05, 4.69) is 10.1 Å². The van der Waals surface area contributed by atoms with Crippen molar-refractivity contribution in [3.8, 4) is 0 Å². The monoisotopic (exact) mass is 427 g/mol. The second-order valence-electron chi connectivity index (χ2n) is 8.80. The summed E-state index contributed by atoms with van der Waals surface area (Å²) in [5.74, 6) is -1.99. The van der Waals surface area contributed by atoms with Crippen molar-refractivity contribution < 1.29 is 28.7 Å². The minimum Gasteiger partial charge on any atom is -0.460 e. The molecule has 0 spiro atoms. The van der Waals surface area contributed by atoms with E-state index in [4.69, 9.17) is 20.0 Å². The fourth-order valence-corrected chi connectivity index (χ4v) is 2.58. The third kappa shape index (κ3) is 8.59. The van der Waals surface area contributed by atoms with Crippen LogP contribution in [0.5, 0.6) is 0 Å². The number of ether oxygens (including phenoxy) is 2. The summed E-state index contributed by atoms with van der Waals surface area (Å²) < 4.78 is 10.5. The van der Waals surface area contributed by atoms with Gasteiger partial charge in [-0.1, -0.05) is 5.16 Å². The fourth-order valence-electron chi connectivity index (χ4n) is 1.82. The van der Waals surface area contributed by atoms with E-state index in [9.17, 15) is 14.4 Å². The summed E-state index contributed by atoms with van der Waals surface area (Å²) in [5.41, 5.74) is 2.47. The second kappa shape index (κ2) is 8.89. The number of nitrogens with two attached hydrogens (primary N) is 1. The van der Waals surface area contributed by atoms with Crippen LogP contribution in [0, 0.1) is 0 Å². The van der Waals surface area contributed by atoms with Gasteiger partial charge >= 0.3 is 11.9 Å². The summed E-state index contributed by atoms with van der Waals surface area (Å²) >= 11 is 1.15. The molecular weight excluding hydrogens is 398 g/mol. The van der Waals surface area contributed by atoms with E-state index in [1.165, 1.54) is 19.2 Å². The van der Waals surface area contributed by atoms with Crippen molar-refractivity contribution in [2.75, 3.05) is 0 Å². The van der Waals surface area contributed by atoms with Crippen LogP contribution in [-0.2, 0) is 35.1 Å². The van der Waals surface area contributed by atoms with Gasteiger partial charge in [0, 0.05) is 5.38 Å². The van der Waals surface area contributed by atoms with Gasteiger partial charge in [0.1, 0.15) is 21.9 Å². The van der Waals surface area contributed by atoms with Crippen LogP contribution in [-0.4, -0.2) is 45.3 Å². The Labute approximate surface area is 174 Å². The van der Waals surface area contributed by atoms with Gasteiger partial charge in [-0.2, -0.15) is 0 Å². The number of primary amides is 1. The Balaban J connectivity index is 2.96. The summed E-state index contributed by atoms with van der Waals surface area (Å²) in [7, 11) is 0. The van der Waals surface area contributed by atoms with Crippen molar-refractivity contribution in [1.82, 2.24) is 4.98 Å². The van der Waals surface area contributed by atoms with Crippen LogP contribution in [0.1, 0.15) is 66.1 Å². The van der Waals surface area contributed by atoms with Crippen LogP contribution in [0.3, 0.4) is 0 Å². The molecule has 0 fully saturated rings. The first-order valence-electron chi connectivity index (χ1n) is 8.96. The lowest BCUT2D eigenvalue weighted by atomic mass is 10.1. The Morgan fingerprint density at radius 1 is 1.03 bits per heavy atom. The lowest BCUT2D eigenvalue weighted by molar-refractivity contribution is -0.179. The molecule has 1 heterocycles. The Morgan fingerprint density at radius 2 is 1.59 bits per heavy atom. The molecule has 1 aromatic heterocycles. The number of esters is 2. The number of oxime groups is 1. The average molecular weight is 428 g/mol. The van der Waals surface area contributed by atoms with E-state index in [-0.39, 0.29) is 17.8 Å².